The number of aryl methyl sites for hydroxylation is 2. The molecule has 0 fully saturated rings. The van der Waals surface area contributed by atoms with Crippen LogP contribution in [0.25, 0.3) is 10.2 Å². The van der Waals surface area contributed by atoms with E-state index in [1.165, 1.54) is 29.0 Å². The largest absolute Gasteiger partial charge is 0.319 e. The Bertz CT molecular complexity index is 1420. The Morgan fingerprint density at radius 3 is 2.39 bits per heavy atom. The molecule has 0 aliphatic carbocycles. The summed E-state index contributed by atoms with van der Waals surface area (Å²) < 4.78 is 30.4. The molecule has 4 aromatic rings. The van der Waals surface area contributed by atoms with Crippen LogP contribution in [0.4, 0.5) is 5.69 Å². The van der Waals surface area contributed by atoms with Gasteiger partial charge in [0.1, 0.15) is 0 Å². The van der Waals surface area contributed by atoms with Gasteiger partial charge in [-0.3, -0.25) is 9.52 Å². The van der Waals surface area contributed by atoms with E-state index in [0.29, 0.717) is 16.1 Å². The van der Waals surface area contributed by atoms with Crippen LogP contribution < -0.4 is 9.52 Å². The van der Waals surface area contributed by atoms with Crippen molar-refractivity contribution in [2.75, 3.05) is 4.72 Å². The number of benzene rings is 3. The Hall–Kier alpha value is -3.23. The van der Waals surface area contributed by atoms with Crippen LogP contribution in [-0.2, 0) is 23.5 Å². The number of fused-ring (bicyclic) bond motifs is 1. The summed E-state index contributed by atoms with van der Waals surface area (Å²) >= 11 is 1.47. The zero-order chi connectivity index (χ0) is 22.0. The number of para-hydroxylation sites is 1. The van der Waals surface area contributed by atoms with Crippen molar-refractivity contribution in [3.63, 3.8) is 0 Å². The van der Waals surface area contributed by atoms with Gasteiger partial charge in [0, 0.05) is 18.3 Å². The number of aromatic nitrogens is 1. The molecule has 31 heavy (non-hydrogen) atoms. The molecule has 3 aromatic carbocycles. The molecule has 0 radical (unpaired) electrons. The van der Waals surface area contributed by atoms with Gasteiger partial charge in [-0.05, 0) is 54.4 Å². The smallest absolute Gasteiger partial charge is 0.279 e. The molecule has 0 saturated heterocycles. The van der Waals surface area contributed by atoms with Crippen molar-refractivity contribution in [2.24, 2.45) is 12.0 Å². The zero-order valence-electron chi connectivity index (χ0n) is 17.1. The van der Waals surface area contributed by atoms with E-state index in [9.17, 15) is 13.2 Å². The SMILES string of the molecule is CCc1cccc2sc(=NC(=O)c3ccc(NS(=O)(=O)c4ccccc4)cc3)n(C)c12. The fraction of sp³-hybridized carbons (Fsp3) is 0.130. The molecular formula is C23H21N3O3S2. The number of nitrogens with zero attached hydrogens (tertiary/aromatic N) is 2. The van der Waals surface area contributed by atoms with Crippen LogP contribution in [0.3, 0.4) is 0 Å². The van der Waals surface area contributed by atoms with Gasteiger partial charge in [-0.15, -0.1) is 0 Å². The number of carbonyl (C=O) groups is 1. The Morgan fingerprint density at radius 1 is 1.00 bits per heavy atom. The van der Waals surface area contributed by atoms with E-state index in [1.54, 1.807) is 42.5 Å². The number of rotatable bonds is 5. The fourth-order valence-corrected chi connectivity index (χ4v) is 5.47. The zero-order valence-corrected chi connectivity index (χ0v) is 18.7. The highest BCUT2D eigenvalue weighted by atomic mass is 32.2. The topological polar surface area (TPSA) is 80.5 Å². The van der Waals surface area contributed by atoms with Gasteiger partial charge in [0.2, 0.25) is 0 Å². The molecule has 0 aliphatic heterocycles. The van der Waals surface area contributed by atoms with Gasteiger partial charge in [0.25, 0.3) is 15.9 Å². The van der Waals surface area contributed by atoms with E-state index in [1.807, 2.05) is 23.7 Å². The number of amides is 1. The first-order chi connectivity index (χ1) is 14.9. The van der Waals surface area contributed by atoms with E-state index in [0.717, 1.165) is 16.6 Å². The molecule has 1 aromatic heterocycles. The minimum absolute atomic E-state index is 0.175. The van der Waals surface area contributed by atoms with Crippen LogP contribution in [0.5, 0.6) is 0 Å². The lowest BCUT2D eigenvalue weighted by molar-refractivity contribution is 0.0998. The lowest BCUT2D eigenvalue weighted by Crippen LogP contribution is -2.14. The molecule has 0 unspecified atom stereocenters. The van der Waals surface area contributed by atoms with Crippen molar-refractivity contribution >= 4 is 43.2 Å². The van der Waals surface area contributed by atoms with E-state index in [2.05, 4.69) is 22.7 Å². The maximum absolute atomic E-state index is 12.7. The van der Waals surface area contributed by atoms with E-state index < -0.39 is 10.0 Å². The molecule has 0 spiro atoms. The predicted molar refractivity (Wildman–Crippen MR) is 124 cm³/mol. The van der Waals surface area contributed by atoms with Gasteiger partial charge in [-0.2, -0.15) is 4.99 Å². The summed E-state index contributed by atoms with van der Waals surface area (Å²) in [6.45, 7) is 2.10. The summed E-state index contributed by atoms with van der Waals surface area (Å²) in [6.07, 6.45) is 0.898. The normalized spacial score (nSPS) is 12.3. The number of sulfonamides is 1. The number of hydrogen-bond acceptors (Lipinski definition) is 4. The first-order valence-electron chi connectivity index (χ1n) is 9.73. The highest BCUT2D eigenvalue weighted by molar-refractivity contribution is 7.92. The Kier molecular flexibility index (Phi) is 5.75. The summed E-state index contributed by atoms with van der Waals surface area (Å²) in [6, 6.07) is 20.5. The maximum Gasteiger partial charge on any atom is 0.279 e. The van der Waals surface area contributed by atoms with Crippen LogP contribution in [-0.4, -0.2) is 18.9 Å². The van der Waals surface area contributed by atoms with Gasteiger partial charge < -0.3 is 4.57 Å². The van der Waals surface area contributed by atoms with Gasteiger partial charge >= 0.3 is 0 Å². The quantitative estimate of drug-likeness (QED) is 0.490. The predicted octanol–water partition coefficient (Wildman–Crippen LogP) is 4.34. The Labute approximate surface area is 184 Å². The number of anilines is 1. The van der Waals surface area contributed by atoms with E-state index >= 15 is 0 Å². The van der Waals surface area contributed by atoms with Crippen LogP contribution >= 0.6 is 11.3 Å². The maximum atomic E-state index is 12.7. The highest BCUT2D eigenvalue weighted by Gasteiger charge is 2.14. The second kappa shape index (κ2) is 8.49. The number of nitrogens with one attached hydrogen (secondary N) is 1. The first-order valence-corrected chi connectivity index (χ1v) is 12.0. The average Bonchev–Trinajstić information content (AvgIpc) is 3.10. The summed E-state index contributed by atoms with van der Waals surface area (Å²) in [5.41, 5.74) is 3.06. The number of carbonyl (C=O) groups excluding carboxylic acids is 1. The third-order valence-electron chi connectivity index (χ3n) is 4.92. The monoisotopic (exact) mass is 451 g/mol. The van der Waals surface area contributed by atoms with Crippen molar-refractivity contribution in [3.05, 3.63) is 88.7 Å². The van der Waals surface area contributed by atoms with Crippen molar-refractivity contribution in [3.8, 4) is 0 Å². The molecule has 158 valence electrons. The number of hydrogen-bond donors (Lipinski definition) is 1. The van der Waals surface area contributed by atoms with Crippen LogP contribution in [0, 0.1) is 0 Å². The lowest BCUT2D eigenvalue weighted by Gasteiger charge is -2.08. The molecule has 6 nitrogen and oxygen atoms in total. The standard InChI is InChI=1S/C23H21N3O3S2/c1-3-16-8-7-11-20-21(16)26(2)23(30-20)24-22(27)17-12-14-18(15-13-17)25-31(28,29)19-9-5-4-6-10-19/h4-15,25H,3H2,1-2H3. The fourth-order valence-electron chi connectivity index (χ4n) is 3.32. The summed E-state index contributed by atoms with van der Waals surface area (Å²) in [5.74, 6) is -0.377. The highest BCUT2D eigenvalue weighted by Crippen LogP contribution is 2.21. The van der Waals surface area contributed by atoms with Crippen molar-refractivity contribution in [1.29, 1.82) is 0 Å². The molecule has 1 amide bonds. The van der Waals surface area contributed by atoms with Crippen molar-refractivity contribution < 1.29 is 13.2 Å². The van der Waals surface area contributed by atoms with Gasteiger partial charge in [0.15, 0.2) is 4.80 Å². The second-order valence-electron chi connectivity index (χ2n) is 6.97. The third-order valence-corrected chi connectivity index (χ3v) is 7.42. The molecule has 4 rings (SSSR count). The van der Waals surface area contributed by atoms with Crippen molar-refractivity contribution in [2.45, 2.75) is 18.2 Å². The Balaban J connectivity index is 1.60. The minimum Gasteiger partial charge on any atom is -0.319 e. The lowest BCUT2D eigenvalue weighted by atomic mass is 10.1. The molecule has 0 saturated carbocycles. The van der Waals surface area contributed by atoms with E-state index in [4.69, 9.17) is 0 Å². The van der Waals surface area contributed by atoms with Crippen LogP contribution in [0.15, 0.2) is 82.7 Å². The van der Waals surface area contributed by atoms with Gasteiger partial charge in [0.05, 0.1) is 15.1 Å². The van der Waals surface area contributed by atoms with Gasteiger partial charge in [-0.25, -0.2) is 8.42 Å². The molecule has 1 heterocycles. The molecular weight excluding hydrogens is 430 g/mol. The molecule has 0 aliphatic rings. The average molecular weight is 452 g/mol. The summed E-state index contributed by atoms with van der Waals surface area (Å²) in [5, 5.41) is 0. The molecule has 0 atom stereocenters. The van der Waals surface area contributed by atoms with Crippen molar-refractivity contribution in [1.82, 2.24) is 4.57 Å². The van der Waals surface area contributed by atoms with Gasteiger partial charge in [-0.1, -0.05) is 48.6 Å². The third kappa shape index (κ3) is 4.30. The summed E-state index contributed by atoms with van der Waals surface area (Å²) in [4.78, 5) is 17.8. The Morgan fingerprint density at radius 2 is 1.71 bits per heavy atom. The van der Waals surface area contributed by atoms with E-state index in [-0.39, 0.29) is 10.8 Å². The molecule has 8 heteroatoms. The van der Waals surface area contributed by atoms with Crippen LogP contribution in [0.1, 0.15) is 22.8 Å². The second-order valence-corrected chi connectivity index (χ2v) is 9.67. The first kappa shape index (κ1) is 21.0. The molecule has 0 bridgehead atoms. The molecule has 1 N–H and O–H groups in total. The minimum atomic E-state index is -3.68. The van der Waals surface area contributed by atoms with Crippen LogP contribution in [0.2, 0.25) is 0 Å². The summed E-state index contributed by atoms with van der Waals surface area (Å²) in [7, 11) is -1.77. The number of thiazole rings is 1.